The number of aryl methyl sites for hydroxylation is 1. The van der Waals surface area contributed by atoms with Gasteiger partial charge in [0.1, 0.15) is 5.65 Å². The maximum atomic E-state index is 4.51. The molecule has 0 aliphatic heterocycles. The summed E-state index contributed by atoms with van der Waals surface area (Å²) in [6, 6.07) is 10.3. The summed E-state index contributed by atoms with van der Waals surface area (Å²) in [7, 11) is 1.82. The van der Waals surface area contributed by atoms with Gasteiger partial charge < -0.3 is 9.88 Å². The smallest absolute Gasteiger partial charge is 0.224 e. The fraction of sp³-hybridized carbons (Fsp3) is 0.143. The summed E-state index contributed by atoms with van der Waals surface area (Å²) < 4.78 is 2.09. The molecule has 4 nitrogen and oxygen atoms in total. The van der Waals surface area contributed by atoms with Gasteiger partial charge in [-0.15, -0.1) is 0 Å². The lowest BCUT2D eigenvalue weighted by atomic mass is 10.2. The van der Waals surface area contributed by atoms with E-state index in [0.717, 1.165) is 16.7 Å². The lowest BCUT2D eigenvalue weighted by molar-refractivity contribution is 1.06. The van der Waals surface area contributed by atoms with Crippen molar-refractivity contribution in [2.75, 3.05) is 12.4 Å². The Kier molecular flexibility index (Phi) is 2.48. The van der Waals surface area contributed by atoms with Crippen molar-refractivity contribution in [2.24, 2.45) is 0 Å². The van der Waals surface area contributed by atoms with Crippen LogP contribution in [0.2, 0.25) is 0 Å². The van der Waals surface area contributed by atoms with Crippen LogP contribution in [0.25, 0.3) is 16.7 Å². The first kappa shape index (κ1) is 10.8. The number of nitrogens with zero attached hydrogens (tertiary/aromatic N) is 3. The van der Waals surface area contributed by atoms with Crippen molar-refractivity contribution in [3.05, 3.63) is 48.3 Å². The molecule has 0 atom stereocenters. The van der Waals surface area contributed by atoms with Crippen LogP contribution in [-0.4, -0.2) is 21.6 Å². The van der Waals surface area contributed by atoms with E-state index in [1.54, 1.807) is 0 Å². The van der Waals surface area contributed by atoms with Gasteiger partial charge >= 0.3 is 0 Å². The monoisotopic (exact) mass is 238 g/mol. The third-order valence-electron chi connectivity index (χ3n) is 3.03. The average molecular weight is 238 g/mol. The predicted octanol–water partition coefficient (Wildman–Crippen LogP) is 2.77. The molecule has 4 heteroatoms. The largest absolute Gasteiger partial charge is 0.357 e. The molecule has 0 saturated carbocycles. The van der Waals surface area contributed by atoms with Crippen molar-refractivity contribution in [1.29, 1.82) is 0 Å². The average Bonchev–Trinajstić information content (AvgIpc) is 2.82. The summed E-state index contributed by atoms with van der Waals surface area (Å²) in [6.07, 6.45) is 3.87. The molecule has 2 aromatic heterocycles. The summed E-state index contributed by atoms with van der Waals surface area (Å²) in [5.41, 5.74) is 3.29. The van der Waals surface area contributed by atoms with Gasteiger partial charge in [-0.3, -0.25) is 0 Å². The van der Waals surface area contributed by atoms with E-state index in [9.17, 15) is 0 Å². The molecule has 3 aromatic rings. The molecule has 0 amide bonds. The van der Waals surface area contributed by atoms with Gasteiger partial charge in [0.15, 0.2) is 0 Å². The molecule has 0 fully saturated rings. The minimum Gasteiger partial charge on any atom is -0.357 e. The number of para-hydroxylation sites is 1. The Balaban J connectivity index is 2.26. The van der Waals surface area contributed by atoms with Gasteiger partial charge in [-0.2, -0.15) is 4.98 Å². The Morgan fingerprint density at radius 1 is 1.17 bits per heavy atom. The number of rotatable bonds is 2. The first-order valence-electron chi connectivity index (χ1n) is 5.87. The predicted molar refractivity (Wildman–Crippen MR) is 73.1 cm³/mol. The standard InChI is InChI=1S/C14H14N4/c1-10-5-3-4-6-12(10)18-8-7-11-9-16-14(15-2)17-13(11)18/h3-9H,1-2H3,(H,15,16,17). The van der Waals surface area contributed by atoms with E-state index < -0.39 is 0 Å². The second-order valence-corrected chi connectivity index (χ2v) is 4.19. The molecule has 90 valence electrons. The molecule has 0 radical (unpaired) electrons. The van der Waals surface area contributed by atoms with Gasteiger partial charge in [0.05, 0.1) is 0 Å². The molecule has 0 aliphatic rings. The van der Waals surface area contributed by atoms with Crippen molar-refractivity contribution >= 4 is 17.0 Å². The molecule has 0 unspecified atom stereocenters. The van der Waals surface area contributed by atoms with E-state index in [1.165, 1.54) is 5.56 Å². The lowest BCUT2D eigenvalue weighted by Crippen LogP contribution is -2.00. The SMILES string of the molecule is CNc1ncc2ccn(-c3ccccc3C)c2n1. The van der Waals surface area contributed by atoms with Crippen LogP contribution in [0.15, 0.2) is 42.7 Å². The summed E-state index contributed by atoms with van der Waals surface area (Å²) in [5.74, 6) is 0.635. The van der Waals surface area contributed by atoms with Crippen LogP contribution in [0.4, 0.5) is 5.95 Å². The first-order chi connectivity index (χ1) is 8.79. The highest BCUT2D eigenvalue weighted by atomic mass is 15.1. The Hall–Kier alpha value is -2.36. The van der Waals surface area contributed by atoms with Gasteiger partial charge in [0.25, 0.3) is 0 Å². The zero-order valence-electron chi connectivity index (χ0n) is 10.4. The number of benzene rings is 1. The second kappa shape index (κ2) is 4.14. The topological polar surface area (TPSA) is 42.7 Å². The molecular weight excluding hydrogens is 224 g/mol. The highest BCUT2D eigenvalue weighted by molar-refractivity contribution is 5.78. The van der Waals surface area contributed by atoms with Crippen LogP contribution in [-0.2, 0) is 0 Å². The quantitative estimate of drug-likeness (QED) is 0.746. The maximum Gasteiger partial charge on any atom is 0.224 e. The first-order valence-corrected chi connectivity index (χ1v) is 5.87. The summed E-state index contributed by atoms with van der Waals surface area (Å²) in [6.45, 7) is 2.10. The van der Waals surface area contributed by atoms with Gasteiger partial charge in [-0.05, 0) is 24.6 Å². The van der Waals surface area contributed by atoms with Crippen molar-refractivity contribution in [2.45, 2.75) is 6.92 Å². The third-order valence-corrected chi connectivity index (χ3v) is 3.03. The minimum atomic E-state index is 0.635. The minimum absolute atomic E-state index is 0.635. The van der Waals surface area contributed by atoms with E-state index in [1.807, 2.05) is 37.6 Å². The van der Waals surface area contributed by atoms with Gasteiger partial charge in [-0.25, -0.2) is 4.98 Å². The van der Waals surface area contributed by atoms with Gasteiger partial charge in [-0.1, -0.05) is 18.2 Å². The normalized spacial score (nSPS) is 10.8. The second-order valence-electron chi connectivity index (χ2n) is 4.19. The summed E-state index contributed by atoms with van der Waals surface area (Å²) in [5, 5.41) is 4.01. The molecule has 3 rings (SSSR count). The molecule has 2 heterocycles. The molecule has 0 saturated heterocycles. The Morgan fingerprint density at radius 3 is 2.78 bits per heavy atom. The van der Waals surface area contributed by atoms with Crippen LogP contribution in [0.3, 0.4) is 0 Å². The molecule has 18 heavy (non-hydrogen) atoms. The van der Waals surface area contributed by atoms with Crippen molar-refractivity contribution in [1.82, 2.24) is 14.5 Å². The van der Waals surface area contributed by atoms with Crippen molar-refractivity contribution in [3.8, 4) is 5.69 Å². The highest BCUT2D eigenvalue weighted by Gasteiger charge is 2.07. The molecule has 0 spiro atoms. The third kappa shape index (κ3) is 1.62. The molecule has 0 aliphatic carbocycles. The van der Waals surface area contributed by atoms with Gasteiger partial charge in [0.2, 0.25) is 5.95 Å². The highest BCUT2D eigenvalue weighted by Crippen LogP contribution is 2.21. The Bertz CT molecular complexity index is 700. The van der Waals surface area contributed by atoms with Crippen molar-refractivity contribution in [3.63, 3.8) is 0 Å². The Morgan fingerprint density at radius 2 is 2.00 bits per heavy atom. The molecule has 0 bridgehead atoms. The van der Waals surface area contributed by atoms with E-state index >= 15 is 0 Å². The molecule has 1 N–H and O–H groups in total. The lowest BCUT2D eigenvalue weighted by Gasteiger charge is -2.08. The van der Waals surface area contributed by atoms with E-state index in [-0.39, 0.29) is 0 Å². The van der Waals surface area contributed by atoms with Crippen LogP contribution in [0.5, 0.6) is 0 Å². The van der Waals surface area contributed by atoms with Crippen LogP contribution < -0.4 is 5.32 Å². The van der Waals surface area contributed by atoms with Crippen LogP contribution in [0.1, 0.15) is 5.56 Å². The fourth-order valence-electron chi connectivity index (χ4n) is 2.07. The number of nitrogens with one attached hydrogen (secondary N) is 1. The maximum absolute atomic E-state index is 4.51. The zero-order chi connectivity index (χ0) is 12.5. The number of aromatic nitrogens is 3. The summed E-state index contributed by atoms with van der Waals surface area (Å²) in [4.78, 5) is 8.73. The van der Waals surface area contributed by atoms with E-state index in [0.29, 0.717) is 5.95 Å². The van der Waals surface area contributed by atoms with Crippen LogP contribution >= 0.6 is 0 Å². The number of hydrogen-bond acceptors (Lipinski definition) is 3. The number of anilines is 1. The van der Waals surface area contributed by atoms with Crippen molar-refractivity contribution < 1.29 is 0 Å². The molecular formula is C14H14N4. The van der Waals surface area contributed by atoms with Gasteiger partial charge in [0, 0.05) is 30.5 Å². The van der Waals surface area contributed by atoms with E-state index in [4.69, 9.17) is 0 Å². The number of fused-ring (bicyclic) bond motifs is 1. The van der Waals surface area contributed by atoms with E-state index in [2.05, 4.69) is 38.9 Å². The number of hydrogen-bond donors (Lipinski definition) is 1. The fourth-order valence-corrected chi connectivity index (χ4v) is 2.07. The zero-order valence-corrected chi connectivity index (χ0v) is 10.4. The summed E-state index contributed by atoms with van der Waals surface area (Å²) >= 11 is 0. The van der Waals surface area contributed by atoms with Crippen LogP contribution in [0, 0.1) is 6.92 Å². The Labute approximate surface area is 105 Å². The molecule has 1 aromatic carbocycles.